The largest absolute Gasteiger partial charge is 0.480 e. The Morgan fingerprint density at radius 3 is 2.07 bits per heavy atom. The molecule has 0 radical (unpaired) electrons. The second-order valence-electron chi connectivity index (χ2n) is 4.75. The molecule has 0 heterocycles. The lowest BCUT2D eigenvalue weighted by Crippen LogP contribution is -2.53. The highest BCUT2D eigenvalue weighted by molar-refractivity contribution is 5.80. The highest BCUT2D eigenvalue weighted by Gasteiger charge is 2.28. The molecule has 0 rings (SSSR count). The fourth-order valence-corrected chi connectivity index (χ4v) is 1.07. The average molecular weight is 216 g/mol. The van der Waals surface area contributed by atoms with Crippen molar-refractivity contribution in [1.29, 1.82) is 0 Å². The lowest BCUT2D eigenvalue weighted by atomic mass is 10.1. The van der Waals surface area contributed by atoms with Crippen molar-refractivity contribution in [3.63, 3.8) is 0 Å². The number of carboxylic acids is 1. The molecule has 2 N–H and O–H groups in total. The SMILES string of the molecule is CC(C)NC(=O)N(CC(=O)O)C(C)(C)C. The molecule has 88 valence electrons. The Balaban J connectivity index is 4.64. The number of amides is 2. The summed E-state index contributed by atoms with van der Waals surface area (Å²) in [5.74, 6) is -1.01. The molecule has 0 unspecified atom stereocenters. The molecule has 0 saturated heterocycles. The third-order valence-electron chi connectivity index (χ3n) is 1.76. The lowest BCUT2D eigenvalue weighted by molar-refractivity contribution is -0.138. The van der Waals surface area contributed by atoms with Gasteiger partial charge in [0.05, 0.1) is 0 Å². The van der Waals surface area contributed by atoms with Gasteiger partial charge in [-0.1, -0.05) is 0 Å². The van der Waals surface area contributed by atoms with Crippen molar-refractivity contribution in [2.24, 2.45) is 0 Å². The van der Waals surface area contributed by atoms with Crippen LogP contribution in [0.25, 0.3) is 0 Å². The van der Waals surface area contributed by atoms with Crippen LogP contribution < -0.4 is 5.32 Å². The van der Waals surface area contributed by atoms with Crippen molar-refractivity contribution in [3.8, 4) is 0 Å². The maximum atomic E-state index is 11.7. The van der Waals surface area contributed by atoms with Crippen LogP contribution >= 0.6 is 0 Å². The second-order valence-corrected chi connectivity index (χ2v) is 4.75. The number of carbonyl (C=O) groups excluding carboxylic acids is 1. The second kappa shape index (κ2) is 5.00. The predicted molar refractivity (Wildman–Crippen MR) is 57.8 cm³/mol. The summed E-state index contributed by atoms with van der Waals surface area (Å²) < 4.78 is 0. The molecular weight excluding hydrogens is 196 g/mol. The van der Waals surface area contributed by atoms with E-state index in [9.17, 15) is 9.59 Å². The Hall–Kier alpha value is -1.26. The molecule has 0 fully saturated rings. The summed E-state index contributed by atoms with van der Waals surface area (Å²) in [5.41, 5.74) is -0.503. The first-order valence-electron chi connectivity index (χ1n) is 4.94. The number of nitrogens with zero attached hydrogens (tertiary/aromatic N) is 1. The number of carbonyl (C=O) groups is 2. The maximum absolute atomic E-state index is 11.7. The summed E-state index contributed by atoms with van der Waals surface area (Å²) in [4.78, 5) is 23.6. The highest BCUT2D eigenvalue weighted by atomic mass is 16.4. The van der Waals surface area contributed by atoms with Crippen LogP contribution in [0, 0.1) is 0 Å². The van der Waals surface area contributed by atoms with Crippen LogP contribution in [0.3, 0.4) is 0 Å². The Labute approximate surface area is 90.5 Å². The number of hydrogen-bond acceptors (Lipinski definition) is 2. The molecule has 0 saturated carbocycles. The Morgan fingerprint density at radius 1 is 1.33 bits per heavy atom. The van der Waals surface area contributed by atoms with Gasteiger partial charge in [0.15, 0.2) is 0 Å². The van der Waals surface area contributed by atoms with Gasteiger partial charge in [-0.2, -0.15) is 0 Å². The topological polar surface area (TPSA) is 69.6 Å². The number of urea groups is 1. The van der Waals surface area contributed by atoms with Gasteiger partial charge in [0.25, 0.3) is 0 Å². The predicted octanol–water partition coefficient (Wildman–Crippen LogP) is 1.29. The van der Waals surface area contributed by atoms with Gasteiger partial charge < -0.3 is 15.3 Å². The van der Waals surface area contributed by atoms with Crippen molar-refractivity contribution in [2.45, 2.75) is 46.2 Å². The summed E-state index contributed by atoms with van der Waals surface area (Å²) in [6, 6.07) is -0.351. The van der Waals surface area contributed by atoms with Gasteiger partial charge in [-0.05, 0) is 34.6 Å². The van der Waals surface area contributed by atoms with Crippen LogP contribution in [0.5, 0.6) is 0 Å². The summed E-state index contributed by atoms with van der Waals surface area (Å²) in [6.45, 7) is 8.78. The van der Waals surface area contributed by atoms with E-state index in [1.165, 1.54) is 4.90 Å². The normalized spacial score (nSPS) is 11.3. The fourth-order valence-electron chi connectivity index (χ4n) is 1.07. The summed E-state index contributed by atoms with van der Waals surface area (Å²) in [6.07, 6.45) is 0. The van der Waals surface area contributed by atoms with Crippen molar-refractivity contribution in [3.05, 3.63) is 0 Å². The zero-order valence-electron chi connectivity index (χ0n) is 10.00. The highest BCUT2D eigenvalue weighted by Crippen LogP contribution is 2.12. The van der Waals surface area contributed by atoms with Gasteiger partial charge in [0.1, 0.15) is 6.54 Å². The van der Waals surface area contributed by atoms with Gasteiger partial charge in [-0.3, -0.25) is 4.79 Å². The van der Waals surface area contributed by atoms with E-state index in [1.54, 1.807) is 20.8 Å². The minimum atomic E-state index is -1.01. The molecule has 0 aliphatic heterocycles. The first kappa shape index (κ1) is 13.7. The minimum absolute atomic E-state index is 0.00357. The van der Waals surface area contributed by atoms with E-state index in [2.05, 4.69) is 5.32 Å². The molecule has 15 heavy (non-hydrogen) atoms. The Kier molecular flexibility index (Phi) is 4.58. The van der Waals surface area contributed by atoms with Crippen molar-refractivity contribution < 1.29 is 14.7 Å². The average Bonchev–Trinajstić information content (AvgIpc) is 1.95. The van der Waals surface area contributed by atoms with E-state index in [0.717, 1.165) is 0 Å². The molecule has 0 atom stereocenters. The third-order valence-corrected chi connectivity index (χ3v) is 1.76. The van der Waals surface area contributed by atoms with Gasteiger partial charge in [0.2, 0.25) is 0 Å². The number of aliphatic carboxylic acids is 1. The number of carboxylic acid groups (broad SMARTS) is 1. The molecule has 0 aromatic heterocycles. The first-order chi connectivity index (χ1) is 6.64. The van der Waals surface area contributed by atoms with E-state index in [1.807, 2.05) is 13.8 Å². The molecule has 0 aromatic rings. The van der Waals surface area contributed by atoms with Crippen LogP contribution in [-0.4, -0.2) is 40.1 Å². The molecular formula is C10H20N2O3. The summed E-state index contributed by atoms with van der Waals surface area (Å²) in [5, 5.41) is 11.4. The Bertz CT molecular complexity index is 244. The van der Waals surface area contributed by atoms with E-state index >= 15 is 0 Å². The minimum Gasteiger partial charge on any atom is -0.480 e. The monoisotopic (exact) mass is 216 g/mol. The molecule has 2 amide bonds. The van der Waals surface area contributed by atoms with Crippen LogP contribution in [0.2, 0.25) is 0 Å². The molecule has 0 aliphatic rings. The van der Waals surface area contributed by atoms with Gasteiger partial charge >= 0.3 is 12.0 Å². The van der Waals surface area contributed by atoms with Gasteiger partial charge in [-0.15, -0.1) is 0 Å². The zero-order valence-corrected chi connectivity index (χ0v) is 10.00. The third kappa shape index (κ3) is 5.24. The fraction of sp³-hybridized carbons (Fsp3) is 0.800. The number of hydrogen-bond donors (Lipinski definition) is 2. The molecule has 0 spiro atoms. The maximum Gasteiger partial charge on any atom is 0.323 e. The first-order valence-corrected chi connectivity index (χ1v) is 4.94. The van der Waals surface area contributed by atoms with Crippen molar-refractivity contribution in [2.75, 3.05) is 6.54 Å². The lowest BCUT2D eigenvalue weighted by Gasteiger charge is -2.34. The molecule has 5 nitrogen and oxygen atoms in total. The van der Waals surface area contributed by atoms with Crippen LogP contribution in [0.4, 0.5) is 4.79 Å². The zero-order chi connectivity index (χ0) is 12.2. The van der Waals surface area contributed by atoms with E-state index in [4.69, 9.17) is 5.11 Å². The quantitative estimate of drug-likeness (QED) is 0.746. The van der Waals surface area contributed by atoms with Gasteiger partial charge in [-0.25, -0.2) is 4.79 Å². The molecule has 0 bridgehead atoms. The van der Waals surface area contributed by atoms with Crippen molar-refractivity contribution >= 4 is 12.0 Å². The number of nitrogens with one attached hydrogen (secondary N) is 1. The van der Waals surface area contributed by atoms with Crippen LogP contribution in [-0.2, 0) is 4.79 Å². The van der Waals surface area contributed by atoms with E-state index in [-0.39, 0.29) is 18.6 Å². The Morgan fingerprint density at radius 2 is 1.80 bits per heavy atom. The summed E-state index contributed by atoms with van der Waals surface area (Å²) in [7, 11) is 0. The van der Waals surface area contributed by atoms with Crippen LogP contribution in [0.1, 0.15) is 34.6 Å². The van der Waals surface area contributed by atoms with E-state index < -0.39 is 11.5 Å². The van der Waals surface area contributed by atoms with Crippen molar-refractivity contribution in [1.82, 2.24) is 10.2 Å². The molecule has 5 heteroatoms. The molecule has 0 aliphatic carbocycles. The molecule has 0 aromatic carbocycles. The van der Waals surface area contributed by atoms with E-state index in [0.29, 0.717) is 0 Å². The van der Waals surface area contributed by atoms with Gasteiger partial charge in [0, 0.05) is 11.6 Å². The van der Waals surface area contributed by atoms with Crippen LogP contribution in [0.15, 0.2) is 0 Å². The smallest absolute Gasteiger partial charge is 0.323 e. The summed E-state index contributed by atoms with van der Waals surface area (Å²) >= 11 is 0. The standard InChI is InChI=1S/C10H20N2O3/c1-7(2)11-9(15)12(6-8(13)14)10(3,4)5/h7H,6H2,1-5H3,(H,11,15)(H,13,14). The number of rotatable bonds is 3.